The molecule has 0 bridgehead atoms. The molecule has 0 radical (unpaired) electrons. The number of hydrogen-bond acceptors (Lipinski definition) is 5. The monoisotopic (exact) mass is 406 g/mol. The molecule has 1 aliphatic heterocycles. The third-order valence-corrected chi connectivity index (χ3v) is 5.38. The molecule has 1 saturated heterocycles. The van der Waals surface area contributed by atoms with E-state index >= 15 is 0 Å². The maximum Gasteiger partial charge on any atom is 0.243 e. The van der Waals surface area contributed by atoms with Gasteiger partial charge in [-0.05, 0) is 32.7 Å². The fourth-order valence-electron chi connectivity index (χ4n) is 3.48. The topological polar surface area (TPSA) is 90.7 Å². The second kappa shape index (κ2) is 12.4. The fourth-order valence-corrected chi connectivity index (χ4v) is 3.48. The van der Waals surface area contributed by atoms with Crippen LogP contribution in [0.2, 0.25) is 0 Å². The molecule has 164 valence electrons. The second-order valence-electron chi connectivity index (χ2n) is 7.83. The molecule has 0 aliphatic carbocycles. The van der Waals surface area contributed by atoms with Crippen LogP contribution in [-0.4, -0.2) is 89.3 Å². The number of nitrogens with zero attached hydrogens (tertiary/aromatic N) is 6. The first-order chi connectivity index (χ1) is 14.0. The van der Waals surface area contributed by atoms with E-state index in [9.17, 15) is 4.79 Å². The molecule has 1 amide bonds. The van der Waals surface area contributed by atoms with Crippen LogP contribution < -0.4 is 10.6 Å². The first-order valence-corrected chi connectivity index (χ1v) is 10.8. The lowest BCUT2D eigenvalue weighted by atomic mass is 10.0. The lowest BCUT2D eigenvalue weighted by Crippen LogP contribution is -2.42. The summed E-state index contributed by atoms with van der Waals surface area (Å²) < 4.78 is 2.04. The molecule has 0 spiro atoms. The van der Waals surface area contributed by atoms with E-state index in [1.54, 1.807) is 25.3 Å². The van der Waals surface area contributed by atoms with Gasteiger partial charge in [0.2, 0.25) is 5.91 Å². The molecule has 1 fully saturated rings. The third-order valence-electron chi connectivity index (χ3n) is 5.38. The predicted molar refractivity (Wildman–Crippen MR) is 116 cm³/mol. The van der Waals surface area contributed by atoms with Gasteiger partial charge in [-0.3, -0.25) is 4.79 Å². The molecule has 9 heteroatoms. The van der Waals surface area contributed by atoms with E-state index in [1.165, 1.54) is 25.8 Å². The highest BCUT2D eigenvalue weighted by Gasteiger charge is 2.17. The van der Waals surface area contributed by atoms with Crippen LogP contribution in [0.1, 0.15) is 45.4 Å². The van der Waals surface area contributed by atoms with Crippen molar-refractivity contribution in [1.82, 2.24) is 35.2 Å². The minimum atomic E-state index is -0.0136. The van der Waals surface area contributed by atoms with E-state index in [0.717, 1.165) is 38.3 Å². The molecule has 0 aromatic carbocycles. The standard InChI is InChI=1S/C20H38N8O/c1-5-18-25-24-16-28(18)14-11-22-20(23-15-19(29)26(3)4)21-10-8-13-27-12-7-6-9-17(27)2/h16-17H,5-15H2,1-4H3,(H2,21,22,23). The smallest absolute Gasteiger partial charge is 0.243 e. The van der Waals surface area contributed by atoms with Crippen LogP contribution in [0.4, 0.5) is 0 Å². The number of likely N-dealkylation sites (N-methyl/N-ethyl adjacent to an activating group) is 1. The Labute approximate surface area is 174 Å². The number of amides is 1. The molecule has 9 nitrogen and oxygen atoms in total. The van der Waals surface area contributed by atoms with Crippen LogP contribution in [0.25, 0.3) is 0 Å². The van der Waals surface area contributed by atoms with Gasteiger partial charge in [-0.1, -0.05) is 13.3 Å². The van der Waals surface area contributed by atoms with Gasteiger partial charge >= 0.3 is 0 Å². The van der Waals surface area contributed by atoms with Gasteiger partial charge in [0.05, 0.1) is 0 Å². The normalized spacial score (nSPS) is 17.9. The minimum Gasteiger partial charge on any atom is -0.356 e. The summed E-state index contributed by atoms with van der Waals surface area (Å²) in [6, 6.07) is 0.685. The van der Waals surface area contributed by atoms with Gasteiger partial charge in [0.25, 0.3) is 0 Å². The van der Waals surface area contributed by atoms with Crippen molar-refractivity contribution in [2.75, 3.05) is 46.8 Å². The van der Waals surface area contributed by atoms with Crippen LogP contribution in [0.15, 0.2) is 11.3 Å². The molecule has 1 unspecified atom stereocenters. The first kappa shape index (κ1) is 23.1. The minimum absolute atomic E-state index is 0.0136. The lowest BCUT2D eigenvalue weighted by Gasteiger charge is -2.33. The zero-order valence-electron chi connectivity index (χ0n) is 18.5. The Bertz CT molecular complexity index is 642. The summed E-state index contributed by atoms with van der Waals surface area (Å²) in [5.41, 5.74) is 0. The number of aromatic nitrogens is 3. The Hall–Kier alpha value is -2.16. The molecule has 2 N–H and O–H groups in total. The number of guanidine groups is 1. The van der Waals surface area contributed by atoms with E-state index < -0.39 is 0 Å². The fraction of sp³-hybridized carbons (Fsp3) is 0.800. The highest BCUT2D eigenvalue weighted by molar-refractivity contribution is 5.84. The molecule has 2 rings (SSSR count). The van der Waals surface area contributed by atoms with Crippen LogP contribution in [-0.2, 0) is 17.8 Å². The summed E-state index contributed by atoms with van der Waals surface area (Å²) in [4.78, 5) is 20.5. The largest absolute Gasteiger partial charge is 0.356 e. The van der Waals surface area contributed by atoms with E-state index in [1.807, 2.05) is 4.57 Å². The van der Waals surface area contributed by atoms with Gasteiger partial charge in [-0.15, -0.1) is 10.2 Å². The van der Waals surface area contributed by atoms with Gasteiger partial charge in [-0.25, -0.2) is 4.99 Å². The van der Waals surface area contributed by atoms with Crippen molar-refractivity contribution in [3.05, 3.63) is 12.2 Å². The Morgan fingerprint density at radius 2 is 2.07 bits per heavy atom. The number of carbonyl (C=O) groups is 1. The molecule has 2 heterocycles. The van der Waals surface area contributed by atoms with Gasteiger partial charge in [-0.2, -0.15) is 0 Å². The van der Waals surface area contributed by atoms with Crippen molar-refractivity contribution in [3.8, 4) is 0 Å². The number of nitrogens with one attached hydrogen (secondary N) is 2. The van der Waals surface area contributed by atoms with E-state index in [0.29, 0.717) is 18.5 Å². The Morgan fingerprint density at radius 1 is 1.28 bits per heavy atom. The van der Waals surface area contributed by atoms with Crippen molar-refractivity contribution in [2.24, 2.45) is 4.99 Å². The Kier molecular flexibility index (Phi) is 9.90. The molecule has 0 saturated carbocycles. The van der Waals surface area contributed by atoms with Crippen LogP contribution in [0, 0.1) is 0 Å². The van der Waals surface area contributed by atoms with Crippen molar-refractivity contribution in [3.63, 3.8) is 0 Å². The van der Waals surface area contributed by atoms with Crippen LogP contribution in [0.5, 0.6) is 0 Å². The summed E-state index contributed by atoms with van der Waals surface area (Å²) in [6.07, 6.45) is 7.62. The van der Waals surface area contributed by atoms with E-state index in [-0.39, 0.29) is 12.5 Å². The Morgan fingerprint density at radius 3 is 2.79 bits per heavy atom. The number of likely N-dealkylation sites (tertiary alicyclic amines) is 1. The quantitative estimate of drug-likeness (QED) is 0.338. The number of hydrogen-bond donors (Lipinski definition) is 2. The summed E-state index contributed by atoms with van der Waals surface area (Å²) in [7, 11) is 3.49. The van der Waals surface area contributed by atoms with Crippen molar-refractivity contribution in [1.29, 1.82) is 0 Å². The van der Waals surface area contributed by atoms with Crippen molar-refractivity contribution in [2.45, 2.75) is 58.5 Å². The van der Waals surface area contributed by atoms with Gasteiger partial charge in [0.1, 0.15) is 18.7 Å². The number of carbonyl (C=O) groups excluding carboxylic acids is 1. The average molecular weight is 407 g/mol. The van der Waals surface area contributed by atoms with Crippen LogP contribution in [0.3, 0.4) is 0 Å². The third kappa shape index (κ3) is 8.00. The summed E-state index contributed by atoms with van der Waals surface area (Å²) in [5, 5.41) is 14.8. The van der Waals surface area contributed by atoms with Crippen LogP contribution >= 0.6 is 0 Å². The molecule has 1 aliphatic rings. The van der Waals surface area contributed by atoms with Crippen molar-refractivity contribution < 1.29 is 4.79 Å². The predicted octanol–water partition coefficient (Wildman–Crippen LogP) is 0.728. The number of rotatable bonds is 10. The van der Waals surface area contributed by atoms with Gasteiger partial charge in [0, 0.05) is 52.7 Å². The molecular formula is C20H38N8O. The van der Waals surface area contributed by atoms with E-state index in [2.05, 4.69) is 44.6 Å². The Balaban J connectivity index is 1.80. The number of piperidine rings is 1. The summed E-state index contributed by atoms with van der Waals surface area (Å²) in [5.74, 6) is 1.63. The van der Waals surface area contributed by atoms with Gasteiger partial charge < -0.3 is 25.0 Å². The van der Waals surface area contributed by atoms with Crippen molar-refractivity contribution >= 4 is 11.9 Å². The second-order valence-corrected chi connectivity index (χ2v) is 7.83. The summed E-state index contributed by atoms with van der Waals surface area (Å²) in [6.45, 7) is 9.10. The maximum atomic E-state index is 11.9. The maximum absolute atomic E-state index is 11.9. The highest BCUT2D eigenvalue weighted by Crippen LogP contribution is 2.15. The molecule has 1 aromatic heterocycles. The molecular weight excluding hydrogens is 368 g/mol. The highest BCUT2D eigenvalue weighted by atomic mass is 16.2. The average Bonchev–Trinajstić information content (AvgIpc) is 3.17. The summed E-state index contributed by atoms with van der Waals surface area (Å²) >= 11 is 0. The number of aryl methyl sites for hydroxylation is 1. The van der Waals surface area contributed by atoms with Gasteiger partial charge in [0.15, 0.2) is 5.96 Å². The molecule has 1 aromatic rings. The zero-order valence-corrected chi connectivity index (χ0v) is 18.5. The molecule has 29 heavy (non-hydrogen) atoms. The molecule has 1 atom stereocenters. The number of aliphatic imine (C=N–C) groups is 1. The zero-order chi connectivity index (χ0) is 21.1. The lowest BCUT2D eigenvalue weighted by molar-refractivity contribution is -0.127. The first-order valence-electron chi connectivity index (χ1n) is 10.8. The van der Waals surface area contributed by atoms with E-state index in [4.69, 9.17) is 0 Å². The SMILES string of the molecule is CCc1nncn1CCNC(=NCC(=O)N(C)C)NCCCN1CCCCC1C.